The van der Waals surface area contributed by atoms with Crippen LogP contribution in [0.5, 0.6) is 0 Å². The van der Waals surface area contributed by atoms with Gasteiger partial charge < -0.3 is 5.32 Å². The number of aromatic nitrogens is 5. The van der Waals surface area contributed by atoms with E-state index in [0.717, 1.165) is 17.1 Å². The van der Waals surface area contributed by atoms with Crippen molar-refractivity contribution in [3.8, 4) is 5.69 Å². The van der Waals surface area contributed by atoms with Crippen LogP contribution in [-0.4, -0.2) is 30.9 Å². The molecule has 0 radical (unpaired) electrons. The average molecular weight is 332 g/mol. The minimum Gasteiger partial charge on any atom is -0.321 e. The Labute approximate surface area is 143 Å². The number of aromatic amines is 1. The van der Waals surface area contributed by atoms with Crippen molar-refractivity contribution < 1.29 is 4.79 Å². The monoisotopic (exact) mass is 332 g/mol. The van der Waals surface area contributed by atoms with Crippen LogP contribution in [0.4, 0.5) is 5.69 Å². The number of nitrogens with zero attached hydrogens (tertiary/aromatic N) is 4. The maximum absolute atomic E-state index is 12.5. The summed E-state index contributed by atoms with van der Waals surface area (Å²) in [6, 6.07) is 13.1. The van der Waals surface area contributed by atoms with Gasteiger partial charge >= 0.3 is 0 Å². The molecule has 0 unspecified atom stereocenters. The number of anilines is 1. The predicted octanol–water partition coefficient (Wildman–Crippen LogP) is 3.01. The number of pyridine rings is 1. The van der Waals surface area contributed by atoms with Crippen LogP contribution in [0, 0.1) is 13.8 Å². The third-order valence-electron chi connectivity index (χ3n) is 3.94. The predicted molar refractivity (Wildman–Crippen MR) is 94.9 cm³/mol. The summed E-state index contributed by atoms with van der Waals surface area (Å²) in [6.45, 7) is 3.97. The van der Waals surface area contributed by atoms with Crippen LogP contribution >= 0.6 is 0 Å². The van der Waals surface area contributed by atoms with E-state index in [0.29, 0.717) is 22.4 Å². The number of fused-ring (bicyclic) bond motifs is 1. The lowest BCUT2D eigenvalue weighted by atomic mass is 10.2. The number of benzene rings is 1. The molecule has 0 atom stereocenters. The maximum Gasteiger partial charge on any atom is 0.274 e. The molecule has 0 bridgehead atoms. The van der Waals surface area contributed by atoms with Gasteiger partial charge in [-0.1, -0.05) is 0 Å². The molecule has 0 saturated heterocycles. The SMILES string of the molecule is Cc1cc(C)n(-c2ccc(NC(=O)c3[nH]nc4ncccc34)cc2)n1. The summed E-state index contributed by atoms with van der Waals surface area (Å²) in [7, 11) is 0. The lowest BCUT2D eigenvalue weighted by Crippen LogP contribution is -2.13. The first-order valence-electron chi connectivity index (χ1n) is 7.86. The molecule has 7 heteroatoms. The quantitative estimate of drug-likeness (QED) is 0.603. The van der Waals surface area contributed by atoms with Crippen LogP contribution in [0.15, 0.2) is 48.7 Å². The molecule has 3 aromatic heterocycles. The number of hydrogen-bond acceptors (Lipinski definition) is 4. The number of carbonyl (C=O) groups excluding carboxylic acids is 1. The molecule has 4 aromatic rings. The van der Waals surface area contributed by atoms with Gasteiger partial charge in [-0.25, -0.2) is 9.67 Å². The highest BCUT2D eigenvalue weighted by Crippen LogP contribution is 2.18. The highest BCUT2D eigenvalue weighted by molar-refractivity contribution is 6.10. The summed E-state index contributed by atoms with van der Waals surface area (Å²) < 4.78 is 1.87. The summed E-state index contributed by atoms with van der Waals surface area (Å²) in [5.74, 6) is -0.255. The van der Waals surface area contributed by atoms with Crippen LogP contribution in [-0.2, 0) is 0 Å². The normalized spacial score (nSPS) is 11.0. The Morgan fingerprint density at radius 2 is 1.96 bits per heavy atom. The van der Waals surface area contributed by atoms with Crippen molar-refractivity contribution >= 4 is 22.6 Å². The number of rotatable bonds is 3. The van der Waals surface area contributed by atoms with Gasteiger partial charge in [0, 0.05) is 17.6 Å². The lowest BCUT2D eigenvalue weighted by Gasteiger charge is -2.07. The van der Waals surface area contributed by atoms with E-state index in [-0.39, 0.29) is 5.91 Å². The van der Waals surface area contributed by atoms with E-state index in [1.165, 1.54) is 0 Å². The zero-order valence-electron chi connectivity index (χ0n) is 13.8. The first-order chi connectivity index (χ1) is 12.1. The maximum atomic E-state index is 12.5. The Hall–Kier alpha value is -3.48. The molecule has 25 heavy (non-hydrogen) atoms. The van der Waals surface area contributed by atoms with Crippen molar-refractivity contribution in [1.29, 1.82) is 0 Å². The van der Waals surface area contributed by atoms with Crippen molar-refractivity contribution in [1.82, 2.24) is 25.0 Å². The molecule has 124 valence electrons. The molecular weight excluding hydrogens is 316 g/mol. The average Bonchev–Trinajstić information content (AvgIpc) is 3.18. The van der Waals surface area contributed by atoms with Crippen LogP contribution in [0.2, 0.25) is 0 Å². The molecular formula is C18H16N6O. The molecule has 4 rings (SSSR count). The second kappa shape index (κ2) is 5.86. The van der Waals surface area contributed by atoms with E-state index in [2.05, 4.69) is 25.6 Å². The molecule has 1 aromatic carbocycles. The fraction of sp³-hybridized carbons (Fsp3) is 0.111. The van der Waals surface area contributed by atoms with Gasteiger partial charge in [-0.15, -0.1) is 0 Å². The number of carbonyl (C=O) groups is 1. The topological polar surface area (TPSA) is 88.5 Å². The van der Waals surface area contributed by atoms with E-state index in [1.807, 2.05) is 54.9 Å². The van der Waals surface area contributed by atoms with Gasteiger partial charge in [0.15, 0.2) is 5.65 Å². The van der Waals surface area contributed by atoms with E-state index in [9.17, 15) is 4.79 Å². The number of amides is 1. The number of nitrogens with one attached hydrogen (secondary N) is 2. The Morgan fingerprint density at radius 1 is 1.16 bits per heavy atom. The highest BCUT2D eigenvalue weighted by Gasteiger charge is 2.14. The van der Waals surface area contributed by atoms with Crippen molar-refractivity contribution in [3.05, 3.63) is 65.7 Å². The third kappa shape index (κ3) is 2.76. The molecule has 1 amide bonds. The fourth-order valence-electron chi connectivity index (χ4n) is 2.79. The molecule has 7 nitrogen and oxygen atoms in total. The Balaban J connectivity index is 1.57. The van der Waals surface area contributed by atoms with Gasteiger partial charge in [-0.3, -0.25) is 9.89 Å². The van der Waals surface area contributed by atoms with Crippen molar-refractivity contribution in [2.75, 3.05) is 5.32 Å². The summed E-state index contributed by atoms with van der Waals surface area (Å²) in [5.41, 5.74) is 4.58. The molecule has 0 aliphatic heterocycles. The van der Waals surface area contributed by atoms with Gasteiger partial charge in [-0.05, 0) is 56.3 Å². The summed E-state index contributed by atoms with van der Waals surface area (Å²) in [5, 5.41) is 14.8. The standard InChI is InChI=1S/C18H16N6O/c1-11-10-12(2)24(23-11)14-7-5-13(6-8-14)20-18(25)16-15-4-3-9-19-17(15)22-21-16/h3-10H,1-2H3,(H,20,25)(H,19,21,22). The number of H-pyrrole nitrogens is 1. The number of hydrogen-bond donors (Lipinski definition) is 2. The molecule has 0 saturated carbocycles. The summed E-state index contributed by atoms with van der Waals surface area (Å²) in [4.78, 5) is 16.6. The van der Waals surface area contributed by atoms with Gasteiger partial charge in [0.25, 0.3) is 5.91 Å². The van der Waals surface area contributed by atoms with Crippen LogP contribution in [0.25, 0.3) is 16.7 Å². The zero-order valence-corrected chi connectivity index (χ0v) is 13.8. The Kier molecular flexibility index (Phi) is 3.53. The minimum atomic E-state index is -0.255. The second-order valence-electron chi connectivity index (χ2n) is 5.81. The van der Waals surface area contributed by atoms with E-state index in [4.69, 9.17) is 0 Å². The number of aryl methyl sites for hydroxylation is 2. The van der Waals surface area contributed by atoms with Gasteiger partial charge in [0.05, 0.1) is 16.8 Å². The molecule has 2 N–H and O–H groups in total. The molecule has 0 aliphatic rings. The van der Waals surface area contributed by atoms with Gasteiger partial charge in [0.1, 0.15) is 5.69 Å². The van der Waals surface area contributed by atoms with Crippen LogP contribution in [0.3, 0.4) is 0 Å². The van der Waals surface area contributed by atoms with Crippen molar-refractivity contribution in [2.24, 2.45) is 0 Å². The Bertz CT molecular complexity index is 1060. The molecule has 0 spiro atoms. The lowest BCUT2D eigenvalue weighted by molar-refractivity contribution is 0.102. The van der Waals surface area contributed by atoms with Crippen LogP contribution < -0.4 is 5.32 Å². The first-order valence-corrected chi connectivity index (χ1v) is 7.86. The first kappa shape index (κ1) is 15.1. The second-order valence-corrected chi connectivity index (χ2v) is 5.81. The van der Waals surface area contributed by atoms with E-state index >= 15 is 0 Å². The summed E-state index contributed by atoms with van der Waals surface area (Å²) >= 11 is 0. The molecule has 0 fully saturated rings. The smallest absolute Gasteiger partial charge is 0.274 e. The van der Waals surface area contributed by atoms with Crippen LogP contribution in [0.1, 0.15) is 21.9 Å². The van der Waals surface area contributed by atoms with Gasteiger partial charge in [0.2, 0.25) is 0 Å². The van der Waals surface area contributed by atoms with Gasteiger partial charge in [-0.2, -0.15) is 10.2 Å². The minimum absolute atomic E-state index is 0.255. The zero-order chi connectivity index (χ0) is 17.4. The third-order valence-corrected chi connectivity index (χ3v) is 3.94. The van der Waals surface area contributed by atoms with Crippen molar-refractivity contribution in [2.45, 2.75) is 13.8 Å². The summed E-state index contributed by atoms with van der Waals surface area (Å²) in [6.07, 6.45) is 1.64. The van der Waals surface area contributed by atoms with Crippen molar-refractivity contribution in [3.63, 3.8) is 0 Å². The fourth-order valence-corrected chi connectivity index (χ4v) is 2.79. The Morgan fingerprint density at radius 3 is 2.68 bits per heavy atom. The largest absolute Gasteiger partial charge is 0.321 e. The van der Waals surface area contributed by atoms with E-state index in [1.54, 1.807) is 12.3 Å². The van der Waals surface area contributed by atoms with E-state index < -0.39 is 0 Å². The molecule has 0 aliphatic carbocycles. The molecule has 3 heterocycles. The highest BCUT2D eigenvalue weighted by atomic mass is 16.1.